The van der Waals surface area contributed by atoms with E-state index in [9.17, 15) is 0 Å². The topological polar surface area (TPSA) is 49.9 Å². The van der Waals surface area contributed by atoms with Gasteiger partial charge >= 0.3 is 0 Å². The maximum Gasteiger partial charge on any atom is 0.119 e. The molecular weight excluding hydrogens is 1080 g/mol. The lowest BCUT2D eigenvalue weighted by molar-refractivity contribution is 0.414. The Bertz CT molecular complexity index is 4000. The summed E-state index contributed by atoms with van der Waals surface area (Å²) in [4.78, 5) is 9.15. The van der Waals surface area contributed by atoms with Crippen LogP contribution in [0.4, 0.5) is 68.2 Å². The molecule has 12 aromatic rings. The molecule has 0 aliphatic rings. The van der Waals surface area contributed by atoms with Crippen LogP contribution >= 0.6 is 0 Å². The van der Waals surface area contributed by atoms with Crippen molar-refractivity contribution in [1.29, 1.82) is 0 Å². The number of methoxy groups -OCH3 is 4. The number of aryl methyl sites for hydroxylation is 4. The SMILES string of the molecule is COc1ccc(N(c2ccc(-c3ccc(N(c4ccc(OC)cc4)c4ccc(-c5ccc(N(c6ccc(OC)cc6)c6ccc(C)c(C)c6)cc5)cc4)cc3)cc2)c2ccc(-c3ccc(N(c4ccc(OC)cc4)c4ccc(C)c(C)c4)cc3)cc2)cc1. The third-order valence-corrected chi connectivity index (χ3v) is 16.6. The molecule has 12 rings (SSSR count). The van der Waals surface area contributed by atoms with Crippen LogP contribution in [-0.2, 0) is 0 Å². The van der Waals surface area contributed by atoms with E-state index in [2.05, 4.69) is 278 Å². The molecule has 0 aromatic heterocycles. The zero-order valence-electron chi connectivity index (χ0n) is 51.0. The van der Waals surface area contributed by atoms with E-state index >= 15 is 0 Å². The maximum atomic E-state index is 5.59. The molecule has 0 saturated heterocycles. The van der Waals surface area contributed by atoms with Crippen LogP contribution in [-0.4, -0.2) is 28.4 Å². The standard InChI is InChI=1S/C80H70N4O4/c1-55-9-23-75(53-57(55)3)83(73-41-49-79(87-7)50-42-73)69-33-19-63(20-34-69)61-15-29-67(30-16-61)81(71-37-45-77(85-5)46-38-71)65-25-11-59(12-26-65)60-13-27-66(28-14-60)82(72-39-47-78(86-6)48-40-72)68-31-17-62(18-32-68)64-21-35-70(36-22-64)84(74-43-51-80(88-8)52-44-74)76-24-10-56(2)58(4)54-76/h9-54H,1-8H3. The van der Waals surface area contributed by atoms with Gasteiger partial charge in [0, 0.05) is 68.2 Å². The average Bonchev–Trinajstić information content (AvgIpc) is 2.74. The largest absolute Gasteiger partial charge is 0.497 e. The van der Waals surface area contributed by atoms with Crippen LogP contribution in [0.5, 0.6) is 23.0 Å². The van der Waals surface area contributed by atoms with Gasteiger partial charge in [-0.25, -0.2) is 0 Å². The Morgan fingerprint density at radius 2 is 0.318 bits per heavy atom. The van der Waals surface area contributed by atoms with Gasteiger partial charge in [0.15, 0.2) is 0 Å². The Hall–Kier alpha value is -11.0. The first-order valence-electron chi connectivity index (χ1n) is 29.6. The van der Waals surface area contributed by atoms with Crippen LogP contribution < -0.4 is 38.5 Å². The highest BCUT2D eigenvalue weighted by atomic mass is 16.5. The van der Waals surface area contributed by atoms with Gasteiger partial charge in [-0.05, 0) is 277 Å². The molecule has 0 spiro atoms. The molecule has 0 fully saturated rings. The van der Waals surface area contributed by atoms with Gasteiger partial charge in [0.1, 0.15) is 23.0 Å². The van der Waals surface area contributed by atoms with Gasteiger partial charge in [0.25, 0.3) is 0 Å². The van der Waals surface area contributed by atoms with Gasteiger partial charge in [-0.15, -0.1) is 0 Å². The normalized spacial score (nSPS) is 11.0. The summed E-state index contributed by atoms with van der Waals surface area (Å²) in [5.74, 6) is 3.25. The zero-order chi connectivity index (χ0) is 60.7. The number of ether oxygens (including phenoxy) is 4. The first kappa shape index (κ1) is 57.5. The minimum Gasteiger partial charge on any atom is -0.497 e. The summed E-state index contributed by atoms with van der Waals surface area (Å²) < 4.78 is 22.2. The van der Waals surface area contributed by atoms with Crippen molar-refractivity contribution in [2.24, 2.45) is 0 Å². The van der Waals surface area contributed by atoms with Crippen LogP contribution in [0.2, 0.25) is 0 Å². The predicted molar refractivity (Wildman–Crippen MR) is 367 cm³/mol. The molecule has 88 heavy (non-hydrogen) atoms. The van der Waals surface area contributed by atoms with Crippen molar-refractivity contribution in [2.45, 2.75) is 27.7 Å². The second kappa shape index (κ2) is 25.7. The highest BCUT2D eigenvalue weighted by molar-refractivity contribution is 5.85. The number of hydrogen-bond donors (Lipinski definition) is 0. The summed E-state index contributed by atoms with van der Waals surface area (Å²) in [6, 6.07) is 99.0. The molecule has 0 heterocycles. The molecule has 12 aromatic carbocycles. The van der Waals surface area contributed by atoms with Crippen LogP contribution in [0.25, 0.3) is 33.4 Å². The Morgan fingerprint density at radius 1 is 0.170 bits per heavy atom. The minimum atomic E-state index is 0.802. The quantitative estimate of drug-likeness (QED) is 0.0794. The van der Waals surface area contributed by atoms with Crippen molar-refractivity contribution in [2.75, 3.05) is 48.0 Å². The fraction of sp³-hybridized carbons (Fsp3) is 0.100. The molecular formula is C80H70N4O4. The van der Waals surface area contributed by atoms with Crippen molar-refractivity contribution in [3.05, 3.63) is 301 Å². The molecule has 0 aliphatic heterocycles. The highest BCUT2D eigenvalue weighted by Crippen LogP contribution is 2.43. The molecule has 0 radical (unpaired) electrons. The average molecular weight is 1150 g/mol. The van der Waals surface area contributed by atoms with E-state index in [1.807, 2.05) is 48.5 Å². The zero-order valence-corrected chi connectivity index (χ0v) is 51.0. The lowest BCUT2D eigenvalue weighted by atomic mass is 10.0. The summed E-state index contributed by atoms with van der Waals surface area (Å²) in [6.07, 6.45) is 0. The van der Waals surface area contributed by atoms with Crippen molar-refractivity contribution >= 4 is 68.2 Å². The first-order valence-corrected chi connectivity index (χ1v) is 29.6. The van der Waals surface area contributed by atoms with Gasteiger partial charge in [0.2, 0.25) is 0 Å². The van der Waals surface area contributed by atoms with Gasteiger partial charge in [-0.1, -0.05) is 84.9 Å². The summed E-state index contributed by atoms with van der Waals surface area (Å²) >= 11 is 0. The molecule has 0 atom stereocenters. The summed E-state index contributed by atoms with van der Waals surface area (Å²) in [5.41, 5.74) is 24.4. The van der Waals surface area contributed by atoms with Crippen molar-refractivity contribution in [3.63, 3.8) is 0 Å². The van der Waals surface area contributed by atoms with Gasteiger partial charge in [-0.3, -0.25) is 0 Å². The van der Waals surface area contributed by atoms with Crippen LogP contribution in [0.1, 0.15) is 22.3 Å². The van der Waals surface area contributed by atoms with Crippen molar-refractivity contribution in [3.8, 4) is 56.4 Å². The molecule has 434 valence electrons. The molecule has 0 unspecified atom stereocenters. The lowest BCUT2D eigenvalue weighted by Gasteiger charge is -2.27. The van der Waals surface area contributed by atoms with Gasteiger partial charge in [0.05, 0.1) is 28.4 Å². The Labute approximate surface area is 517 Å². The van der Waals surface area contributed by atoms with Crippen molar-refractivity contribution < 1.29 is 18.9 Å². The Kier molecular flexibility index (Phi) is 16.8. The van der Waals surface area contributed by atoms with E-state index in [4.69, 9.17) is 18.9 Å². The maximum absolute atomic E-state index is 5.59. The van der Waals surface area contributed by atoms with Crippen LogP contribution in [0.15, 0.2) is 279 Å². The monoisotopic (exact) mass is 1150 g/mol. The van der Waals surface area contributed by atoms with E-state index in [0.717, 1.165) is 125 Å². The summed E-state index contributed by atoms with van der Waals surface area (Å²) in [5, 5.41) is 0. The molecule has 8 nitrogen and oxygen atoms in total. The third-order valence-electron chi connectivity index (χ3n) is 16.6. The van der Waals surface area contributed by atoms with E-state index in [1.165, 1.54) is 22.3 Å². The highest BCUT2D eigenvalue weighted by Gasteiger charge is 2.19. The van der Waals surface area contributed by atoms with E-state index in [0.29, 0.717) is 0 Å². The molecule has 0 amide bonds. The second-order valence-corrected chi connectivity index (χ2v) is 22.0. The summed E-state index contributed by atoms with van der Waals surface area (Å²) in [7, 11) is 6.79. The lowest BCUT2D eigenvalue weighted by Crippen LogP contribution is -2.10. The van der Waals surface area contributed by atoms with Crippen molar-refractivity contribution in [1.82, 2.24) is 0 Å². The van der Waals surface area contributed by atoms with E-state index in [-0.39, 0.29) is 0 Å². The third kappa shape index (κ3) is 12.3. The van der Waals surface area contributed by atoms with Crippen LogP contribution in [0.3, 0.4) is 0 Å². The molecule has 8 heteroatoms. The van der Waals surface area contributed by atoms with E-state index in [1.54, 1.807) is 28.4 Å². The Balaban J connectivity index is 0.793. The molecule has 0 aliphatic carbocycles. The second-order valence-electron chi connectivity index (χ2n) is 22.0. The molecule has 0 saturated carbocycles. The number of benzene rings is 12. The minimum absolute atomic E-state index is 0.802. The first-order chi connectivity index (χ1) is 43.0. The van der Waals surface area contributed by atoms with Gasteiger partial charge < -0.3 is 38.5 Å². The molecule has 0 N–H and O–H groups in total. The number of anilines is 12. The van der Waals surface area contributed by atoms with Gasteiger partial charge in [-0.2, -0.15) is 0 Å². The van der Waals surface area contributed by atoms with E-state index < -0.39 is 0 Å². The number of nitrogens with zero attached hydrogens (tertiary/aromatic N) is 4. The smallest absolute Gasteiger partial charge is 0.119 e. The predicted octanol–water partition coefficient (Wildman–Crippen LogP) is 21.8. The number of rotatable bonds is 19. The van der Waals surface area contributed by atoms with Crippen LogP contribution in [0, 0.1) is 27.7 Å². The summed E-state index contributed by atoms with van der Waals surface area (Å²) in [6.45, 7) is 8.62. The Morgan fingerprint density at radius 3 is 0.477 bits per heavy atom. The fourth-order valence-corrected chi connectivity index (χ4v) is 11.3. The molecule has 0 bridgehead atoms. The fourth-order valence-electron chi connectivity index (χ4n) is 11.3. The number of hydrogen-bond acceptors (Lipinski definition) is 8.